The maximum absolute atomic E-state index is 10.6. The number of carbonyl (C=O) groups excluding carboxylic acids is 1. The quantitative estimate of drug-likeness (QED) is 0.754. The Balaban J connectivity index is 2.29. The van der Waals surface area contributed by atoms with Gasteiger partial charge in [0.05, 0.1) is 6.61 Å². The third-order valence-corrected chi connectivity index (χ3v) is 2.22. The molecule has 0 N–H and O–H groups in total. The van der Waals surface area contributed by atoms with Crippen molar-refractivity contribution >= 4 is 6.29 Å². The van der Waals surface area contributed by atoms with Gasteiger partial charge in [-0.25, -0.2) is 9.97 Å². The van der Waals surface area contributed by atoms with Crippen molar-refractivity contribution in [2.45, 2.75) is 6.92 Å². The Labute approximate surface area is 99.3 Å². The van der Waals surface area contributed by atoms with E-state index >= 15 is 0 Å². The van der Waals surface area contributed by atoms with Gasteiger partial charge >= 0.3 is 0 Å². The Morgan fingerprint density at radius 1 is 1.24 bits per heavy atom. The molecule has 0 bridgehead atoms. The van der Waals surface area contributed by atoms with Crippen molar-refractivity contribution in [3.8, 4) is 17.1 Å². The van der Waals surface area contributed by atoms with Crippen LogP contribution in [0.5, 0.6) is 5.75 Å². The number of nitrogens with zero attached hydrogens (tertiary/aromatic N) is 2. The molecule has 1 aromatic carbocycles. The molecule has 0 amide bonds. The van der Waals surface area contributed by atoms with E-state index in [1.807, 2.05) is 31.2 Å². The van der Waals surface area contributed by atoms with Crippen LogP contribution in [-0.4, -0.2) is 22.9 Å². The predicted molar refractivity (Wildman–Crippen MR) is 64.0 cm³/mol. The molecular weight excluding hydrogens is 216 g/mol. The molecule has 0 saturated heterocycles. The van der Waals surface area contributed by atoms with Crippen molar-refractivity contribution in [1.82, 2.24) is 9.97 Å². The molecule has 1 aromatic heterocycles. The van der Waals surface area contributed by atoms with Crippen molar-refractivity contribution in [3.63, 3.8) is 0 Å². The third kappa shape index (κ3) is 2.66. The van der Waals surface area contributed by atoms with E-state index in [1.165, 1.54) is 0 Å². The predicted octanol–water partition coefficient (Wildman–Crippen LogP) is 2.35. The molecule has 1 heterocycles. The zero-order valence-electron chi connectivity index (χ0n) is 9.46. The molecule has 0 aliphatic rings. The Morgan fingerprint density at radius 3 is 2.65 bits per heavy atom. The van der Waals surface area contributed by atoms with Crippen LogP contribution in [0.1, 0.15) is 17.4 Å². The average molecular weight is 228 g/mol. The summed E-state index contributed by atoms with van der Waals surface area (Å²) < 4.78 is 5.34. The van der Waals surface area contributed by atoms with Gasteiger partial charge in [-0.2, -0.15) is 0 Å². The second-order valence-corrected chi connectivity index (χ2v) is 3.38. The minimum absolute atomic E-state index is 0.379. The zero-order chi connectivity index (χ0) is 12.1. The van der Waals surface area contributed by atoms with Gasteiger partial charge in [-0.15, -0.1) is 0 Å². The van der Waals surface area contributed by atoms with Crippen LogP contribution in [0, 0.1) is 0 Å². The summed E-state index contributed by atoms with van der Waals surface area (Å²) in [7, 11) is 0. The maximum atomic E-state index is 10.6. The highest BCUT2D eigenvalue weighted by atomic mass is 16.5. The number of hydrogen-bond donors (Lipinski definition) is 0. The number of carbonyl (C=O) groups is 1. The fourth-order valence-corrected chi connectivity index (χ4v) is 1.44. The van der Waals surface area contributed by atoms with E-state index in [9.17, 15) is 4.79 Å². The summed E-state index contributed by atoms with van der Waals surface area (Å²) >= 11 is 0. The van der Waals surface area contributed by atoms with Crippen LogP contribution in [0.3, 0.4) is 0 Å². The van der Waals surface area contributed by atoms with Crippen molar-refractivity contribution in [2.75, 3.05) is 6.61 Å². The molecule has 2 aromatic rings. The van der Waals surface area contributed by atoms with Crippen molar-refractivity contribution in [1.29, 1.82) is 0 Å². The Kier molecular flexibility index (Phi) is 3.45. The second kappa shape index (κ2) is 5.21. The van der Waals surface area contributed by atoms with E-state index < -0.39 is 0 Å². The first-order chi connectivity index (χ1) is 8.33. The largest absolute Gasteiger partial charge is 0.494 e. The normalized spacial score (nSPS) is 9.94. The maximum Gasteiger partial charge on any atom is 0.168 e. The lowest BCUT2D eigenvalue weighted by Gasteiger charge is -2.04. The highest BCUT2D eigenvalue weighted by molar-refractivity contribution is 5.72. The molecule has 0 radical (unpaired) electrons. The number of ether oxygens (including phenoxy) is 1. The fourth-order valence-electron chi connectivity index (χ4n) is 1.44. The summed E-state index contributed by atoms with van der Waals surface area (Å²) in [6.45, 7) is 2.57. The molecule has 17 heavy (non-hydrogen) atoms. The molecular formula is C13H12N2O2. The van der Waals surface area contributed by atoms with E-state index in [1.54, 1.807) is 12.3 Å². The van der Waals surface area contributed by atoms with Gasteiger partial charge in [0.25, 0.3) is 0 Å². The highest BCUT2D eigenvalue weighted by Gasteiger charge is 2.02. The molecule has 4 nitrogen and oxygen atoms in total. The smallest absolute Gasteiger partial charge is 0.168 e. The summed E-state index contributed by atoms with van der Waals surface area (Å²) in [6, 6.07) is 9.03. The lowest BCUT2D eigenvalue weighted by atomic mass is 10.2. The summed E-state index contributed by atoms with van der Waals surface area (Å²) in [5.41, 5.74) is 1.24. The van der Waals surface area contributed by atoms with Crippen LogP contribution in [0.4, 0.5) is 0 Å². The van der Waals surface area contributed by atoms with Gasteiger partial charge < -0.3 is 4.74 Å². The second-order valence-electron chi connectivity index (χ2n) is 3.38. The Morgan fingerprint density at radius 2 is 2.00 bits per heavy atom. The van der Waals surface area contributed by atoms with E-state index in [-0.39, 0.29) is 0 Å². The topological polar surface area (TPSA) is 52.1 Å². The first-order valence-electron chi connectivity index (χ1n) is 5.35. The summed E-state index contributed by atoms with van der Waals surface area (Å²) in [5, 5.41) is 0. The molecule has 0 fully saturated rings. The molecule has 0 spiro atoms. The van der Waals surface area contributed by atoms with Gasteiger partial charge in [-0.05, 0) is 37.3 Å². The van der Waals surface area contributed by atoms with Crippen LogP contribution < -0.4 is 4.74 Å². The molecule has 0 unspecified atom stereocenters. The molecule has 0 atom stereocenters. The number of hydrogen-bond acceptors (Lipinski definition) is 4. The van der Waals surface area contributed by atoms with Gasteiger partial charge in [0.1, 0.15) is 11.4 Å². The van der Waals surface area contributed by atoms with Gasteiger partial charge in [0.15, 0.2) is 12.1 Å². The number of aromatic nitrogens is 2. The number of aldehydes is 1. The third-order valence-electron chi connectivity index (χ3n) is 2.22. The fraction of sp³-hybridized carbons (Fsp3) is 0.154. The van der Waals surface area contributed by atoms with Crippen molar-refractivity contribution in [2.24, 2.45) is 0 Å². The lowest BCUT2D eigenvalue weighted by Crippen LogP contribution is -1.94. The van der Waals surface area contributed by atoms with E-state index in [0.29, 0.717) is 24.4 Å². The zero-order valence-corrected chi connectivity index (χ0v) is 9.46. The SMILES string of the molecule is CCOc1ccc(-c2nccc(C=O)n2)cc1. The van der Waals surface area contributed by atoms with Gasteiger partial charge in [0.2, 0.25) is 0 Å². The molecule has 86 valence electrons. The minimum Gasteiger partial charge on any atom is -0.494 e. The molecule has 0 aliphatic heterocycles. The molecule has 0 aliphatic carbocycles. The van der Waals surface area contributed by atoms with Crippen LogP contribution in [0.25, 0.3) is 11.4 Å². The standard InChI is InChI=1S/C13H12N2O2/c1-2-17-12-5-3-10(4-6-12)13-14-8-7-11(9-16)15-13/h3-9H,2H2,1H3. The van der Waals surface area contributed by atoms with Crippen LogP contribution in [0.15, 0.2) is 36.5 Å². The Bertz CT molecular complexity index is 509. The van der Waals surface area contributed by atoms with Crippen LogP contribution in [-0.2, 0) is 0 Å². The van der Waals surface area contributed by atoms with Crippen molar-refractivity contribution < 1.29 is 9.53 Å². The molecule has 4 heteroatoms. The number of benzene rings is 1. The van der Waals surface area contributed by atoms with Crippen molar-refractivity contribution in [3.05, 3.63) is 42.2 Å². The van der Waals surface area contributed by atoms with E-state index in [4.69, 9.17) is 4.74 Å². The summed E-state index contributed by atoms with van der Waals surface area (Å²) in [5.74, 6) is 1.35. The van der Waals surface area contributed by atoms with Crippen LogP contribution in [0.2, 0.25) is 0 Å². The summed E-state index contributed by atoms with van der Waals surface area (Å²) in [4.78, 5) is 18.9. The minimum atomic E-state index is 0.379. The Hall–Kier alpha value is -2.23. The monoisotopic (exact) mass is 228 g/mol. The van der Waals surface area contributed by atoms with Gasteiger partial charge in [0, 0.05) is 11.8 Å². The van der Waals surface area contributed by atoms with Gasteiger partial charge in [-0.3, -0.25) is 4.79 Å². The summed E-state index contributed by atoms with van der Waals surface area (Å²) in [6.07, 6.45) is 2.28. The van der Waals surface area contributed by atoms with E-state index in [2.05, 4.69) is 9.97 Å². The van der Waals surface area contributed by atoms with Crippen LogP contribution >= 0.6 is 0 Å². The number of rotatable bonds is 4. The highest BCUT2D eigenvalue weighted by Crippen LogP contribution is 2.19. The molecule has 2 rings (SSSR count). The first-order valence-corrected chi connectivity index (χ1v) is 5.35. The lowest BCUT2D eigenvalue weighted by molar-refractivity contribution is 0.111. The first kappa shape index (κ1) is 11.3. The molecule has 0 saturated carbocycles. The van der Waals surface area contributed by atoms with Gasteiger partial charge in [-0.1, -0.05) is 0 Å². The average Bonchev–Trinajstić information content (AvgIpc) is 2.40. The van der Waals surface area contributed by atoms with E-state index in [0.717, 1.165) is 11.3 Å².